The van der Waals surface area contributed by atoms with E-state index in [2.05, 4.69) is 25.7 Å². The molecule has 0 fully saturated rings. The van der Waals surface area contributed by atoms with Crippen LogP contribution in [0.2, 0.25) is 0 Å². The predicted octanol–water partition coefficient (Wildman–Crippen LogP) is 2.71. The monoisotopic (exact) mass is 407 g/mol. The summed E-state index contributed by atoms with van der Waals surface area (Å²) in [6.07, 6.45) is 19.1. The minimum absolute atomic E-state index is 0. The molecule has 0 radical (unpaired) electrons. The Bertz CT molecular complexity index is 297. The molecule has 0 bridgehead atoms. The molecule has 0 aliphatic rings. The number of nitrogens with zero attached hydrogens (tertiary/aromatic N) is 1. The Morgan fingerprint density at radius 2 is 1.04 bits per heavy atom. The summed E-state index contributed by atoms with van der Waals surface area (Å²) >= 11 is 0. The van der Waals surface area contributed by atoms with Gasteiger partial charge in [0.1, 0.15) is 0 Å². The van der Waals surface area contributed by atoms with Gasteiger partial charge in [-0.05, 0) is 32.4 Å². The summed E-state index contributed by atoms with van der Waals surface area (Å²) < 4.78 is 0. The number of carboxylic acid groups (broad SMARTS) is 1. The van der Waals surface area contributed by atoms with Gasteiger partial charge in [-0.2, -0.15) is 0 Å². The second-order valence-electron chi connectivity index (χ2n) is 7.90. The fourth-order valence-corrected chi connectivity index (χ4v) is 3.65. The van der Waals surface area contributed by atoms with Crippen molar-refractivity contribution < 1.29 is 61.3 Å². The molecule has 0 aromatic carbocycles. The second kappa shape index (κ2) is 23.3. The molecular weight excluding hydrogens is 361 g/mol. The first kappa shape index (κ1) is 30.3. The Morgan fingerprint density at radius 3 is 1.44 bits per heavy atom. The van der Waals surface area contributed by atoms with Crippen molar-refractivity contribution in [1.82, 2.24) is 4.90 Å². The van der Waals surface area contributed by atoms with E-state index in [9.17, 15) is 9.90 Å². The quantitative estimate of drug-likeness (QED) is 0.230. The molecule has 27 heavy (non-hydrogen) atoms. The molecule has 1 atom stereocenters. The van der Waals surface area contributed by atoms with Gasteiger partial charge >= 0.3 is 51.4 Å². The van der Waals surface area contributed by atoms with E-state index in [4.69, 9.17) is 0 Å². The van der Waals surface area contributed by atoms with Crippen molar-refractivity contribution in [2.75, 3.05) is 13.1 Å². The van der Waals surface area contributed by atoms with E-state index < -0.39 is 5.97 Å². The Hall–Kier alpha value is 1.07. The number of hydrogen-bond donors (Lipinski definition) is 0. The van der Waals surface area contributed by atoms with Gasteiger partial charge in [0, 0.05) is 6.04 Å². The molecule has 1 unspecified atom stereocenters. The second-order valence-corrected chi connectivity index (χ2v) is 7.90. The summed E-state index contributed by atoms with van der Waals surface area (Å²) in [7, 11) is 0. The Labute approximate surface area is 212 Å². The molecule has 0 aliphatic heterocycles. The van der Waals surface area contributed by atoms with E-state index in [-0.39, 0.29) is 57.4 Å². The van der Waals surface area contributed by atoms with Gasteiger partial charge in [0.25, 0.3) is 0 Å². The summed E-state index contributed by atoms with van der Waals surface area (Å²) in [6.45, 7) is 8.49. The van der Waals surface area contributed by atoms with Crippen LogP contribution in [0.1, 0.15) is 124 Å². The first-order chi connectivity index (χ1) is 12.7. The molecule has 0 aromatic rings. The normalized spacial score (nSPS) is 12.1. The summed E-state index contributed by atoms with van der Waals surface area (Å²) in [5.74, 6) is -0.863. The van der Waals surface area contributed by atoms with Crippen molar-refractivity contribution >= 4 is 5.97 Å². The topological polar surface area (TPSA) is 43.4 Å². The summed E-state index contributed by atoms with van der Waals surface area (Å²) in [4.78, 5) is 14.0. The van der Waals surface area contributed by atoms with Crippen LogP contribution < -0.4 is 56.5 Å². The number of hydrogen-bond acceptors (Lipinski definition) is 3. The number of carboxylic acids is 1. The zero-order valence-corrected chi connectivity index (χ0v) is 22.2. The molecular formula is C23H46KNO2. The maximum absolute atomic E-state index is 11.7. The Morgan fingerprint density at radius 1 is 0.667 bits per heavy atom. The fourth-order valence-electron chi connectivity index (χ4n) is 3.65. The summed E-state index contributed by atoms with van der Waals surface area (Å²) in [5.41, 5.74) is 0. The molecule has 0 amide bonds. The van der Waals surface area contributed by atoms with Crippen LogP contribution in [-0.4, -0.2) is 30.0 Å². The van der Waals surface area contributed by atoms with E-state index in [1.165, 1.54) is 64.2 Å². The first-order valence-corrected chi connectivity index (χ1v) is 11.6. The molecule has 0 rings (SSSR count). The van der Waals surface area contributed by atoms with Crippen LogP contribution in [0.25, 0.3) is 0 Å². The minimum atomic E-state index is -0.863. The maximum atomic E-state index is 11.7. The average molecular weight is 408 g/mol. The molecule has 3 nitrogen and oxygen atoms in total. The van der Waals surface area contributed by atoms with Crippen molar-refractivity contribution in [1.29, 1.82) is 0 Å². The van der Waals surface area contributed by atoms with Gasteiger partial charge in [0.15, 0.2) is 0 Å². The third kappa shape index (κ3) is 18.8. The van der Waals surface area contributed by atoms with Gasteiger partial charge in [0.05, 0.1) is 5.97 Å². The molecule has 0 saturated heterocycles. The summed E-state index contributed by atoms with van der Waals surface area (Å²) in [5, 5.41) is 11.7. The Balaban J connectivity index is 0. The van der Waals surface area contributed by atoms with E-state index in [0.29, 0.717) is 0 Å². The van der Waals surface area contributed by atoms with Crippen molar-refractivity contribution in [2.24, 2.45) is 0 Å². The Kier molecular flexibility index (Phi) is 26.2. The van der Waals surface area contributed by atoms with E-state index in [1.54, 1.807) is 0 Å². The number of aliphatic carboxylic acids is 1. The van der Waals surface area contributed by atoms with Crippen molar-refractivity contribution in [2.45, 2.75) is 130 Å². The predicted molar refractivity (Wildman–Crippen MR) is 111 cm³/mol. The van der Waals surface area contributed by atoms with Crippen molar-refractivity contribution in [3.8, 4) is 0 Å². The molecule has 0 saturated carbocycles. The standard InChI is InChI=1S/C23H47NO2.K/c1-4-7-10-12-14-17-20-24(21-18-15-13-11-8-5-2)22(23(25)26)19-16-9-6-3;/h22H,4-21H2,1-3H3,(H,25,26);/q;+1/p-1. The van der Waals surface area contributed by atoms with E-state index >= 15 is 0 Å². The summed E-state index contributed by atoms with van der Waals surface area (Å²) in [6, 6.07) is -0.382. The molecule has 0 N–H and O–H groups in total. The molecule has 156 valence electrons. The van der Waals surface area contributed by atoms with Crippen LogP contribution in [0, 0.1) is 0 Å². The maximum Gasteiger partial charge on any atom is 1.00 e. The van der Waals surface area contributed by atoms with Crippen molar-refractivity contribution in [3.05, 3.63) is 0 Å². The SMILES string of the molecule is CCCCCCCCN(CCCCCCCC)C(CCCCC)C(=O)[O-].[K+]. The van der Waals surface area contributed by atoms with E-state index in [0.717, 1.165) is 51.6 Å². The number of carbonyl (C=O) groups excluding carboxylic acids is 1. The molecule has 4 heteroatoms. The van der Waals surface area contributed by atoms with Crippen LogP contribution in [0.4, 0.5) is 0 Å². The van der Waals surface area contributed by atoms with Gasteiger partial charge in [-0.25, -0.2) is 0 Å². The average Bonchev–Trinajstić information content (AvgIpc) is 2.63. The zero-order valence-electron chi connectivity index (χ0n) is 19.1. The number of carbonyl (C=O) groups is 1. The number of rotatable bonds is 20. The third-order valence-corrected chi connectivity index (χ3v) is 5.39. The zero-order chi connectivity index (χ0) is 19.5. The largest absolute Gasteiger partial charge is 1.00 e. The van der Waals surface area contributed by atoms with Crippen LogP contribution >= 0.6 is 0 Å². The van der Waals surface area contributed by atoms with E-state index in [1.807, 2.05) is 0 Å². The molecule has 0 aromatic heterocycles. The van der Waals surface area contributed by atoms with Gasteiger partial charge < -0.3 is 9.90 Å². The number of unbranched alkanes of at least 4 members (excludes halogenated alkanes) is 12. The molecule has 0 spiro atoms. The smallest absolute Gasteiger partial charge is 0.548 e. The van der Waals surface area contributed by atoms with Gasteiger partial charge in [-0.3, -0.25) is 4.90 Å². The third-order valence-electron chi connectivity index (χ3n) is 5.39. The van der Waals surface area contributed by atoms with Gasteiger partial charge in [0.2, 0.25) is 0 Å². The molecule has 0 aliphatic carbocycles. The van der Waals surface area contributed by atoms with Gasteiger partial charge in [-0.1, -0.05) is 104 Å². The van der Waals surface area contributed by atoms with Crippen LogP contribution in [0.3, 0.4) is 0 Å². The first-order valence-electron chi connectivity index (χ1n) is 11.6. The molecule has 0 heterocycles. The minimum Gasteiger partial charge on any atom is -0.548 e. The van der Waals surface area contributed by atoms with Crippen LogP contribution in [-0.2, 0) is 4.79 Å². The van der Waals surface area contributed by atoms with Gasteiger partial charge in [-0.15, -0.1) is 0 Å². The fraction of sp³-hybridized carbons (Fsp3) is 0.957. The van der Waals surface area contributed by atoms with Crippen molar-refractivity contribution in [3.63, 3.8) is 0 Å². The van der Waals surface area contributed by atoms with Crippen LogP contribution in [0.5, 0.6) is 0 Å². The van der Waals surface area contributed by atoms with Crippen LogP contribution in [0.15, 0.2) is 0 Å².